The van der Waals surface area contributed by atoms with Crippen molar-refractivity contribution in [2.75, 3.05) is 0 Å². The van der Waals surface area contributed by atoms with Gasteiger partial charge in [-0.15, -0.1) is 0 Å². The van der Waals surface area contributed by atoms with Crippen LogP contribution < -0.4 is 11.3 Å². The van der Waals surface area contributed by atoms with E-state index < -0.39 is 0 Å². The predicted octanol–water partition coefficient (Wildman–Crippen LogP) is 2.24. The number of nitrogens with two attached hydrogens (primary N) is 1. The number of hydrazine groups is 1. The summed E-state index contributed by atoms with van der Waals surface area (Å²) in [5.41, 5.74) is 6.41. The number of rotatable bonds is 4. The Balaban J connectivity index is 2.22. The molecule has 2 aromatic rings. The van der Waals surface area contributed by atoms with Gasteiger partial charge in [-0.2, -0.15) is 5.10 Å². The van der Waals surface area contributed by atoms with Gasteiger partial charge in [-0.25, -0.2) is 0 Å². The molecular formula is C13H17BrN4. The number of halogens is 1. The van der Waals surface area contributed by atoms with E-state index in [9.17, 15) is 0 Å². The molecule has 0 radical (unpaired) electrons. The Morgan fingerprint density at radius 2 is 2.28 bits per heavy atom. The molecule has 0 amide bonds. The predicted molar refractivity (Wildman–Crippen MR) is 75.9 cm³/mol. The van der Waals surface area contributed by atoms with Gasteiger partial charge in [0.25, 0.3) is 0 Å². The molecule has 0 spiro atoms. The summed E-state index contributed by atoms with van der Waals surface area (Å²) in [4.78, 5) is 0. The highest BCUT2D eigenvalue weighted by Gasteiger charge is 2.14. The minimum Gasteiger partial charge on any atom is -0.276 e. The number of hydrogen-bond acceptors (Lipinski definition) is 3. The van der Waals surface area contributed by atoms with E-state index in [1.54, 1.807) is 4.68 Å². The Kier molecular flexibility index (Phi) is 4.16. The van der Waals surface area contributed by atoms with Gasteiger partial charge in [0.05, 0.1) is 12.2 Å². The van der Waals surface area contributed by atoms with E-state index in [0.717, 1.165) is 22.0 Å². The molecule has 1 unspecified atom stereocenters. The number of nitrogens with one attached hydrogen (secondary N) is 1. The van der Waals surface area contributed by atoms with Crippen molar-refractivity contribution in [3.8, 4) is 0 Å². The topological polar surface area (TPSA) is 55.9 Å². The lowest BCUT2D eigenvalue weighted by Crippen LogP contribution is -2.29. The maximum Gasteiger partial charge on any atom is 0.0522 e. The van der Waals surface area contributed by atoms with Gasteiger partial charge < -0.3 is 0 Å². The van der Waals surface area contributed by atoms with Gasteiger partial charge in [-0.1, -0.05) is 28.1 Å². The molecule has 3 N–H and O–H groups in total. The van der Waals surface area contributed by atoms with E-state index in [1.165, 1.54) is 5.56 Å². The molecule has 1 heterocycles. The normalized spacial score (nSPS) is 12.7. The molecular weight excluding hydrogens is 292 g/mol. The Morgan fingerprint density at radius 1 is 1.50 bits per heavy atom. The molecule has 0 bridgehead atoms. The molecule has 2 rings (SSSR count). The van der Waals surface area contributed by atoms with Crippen LogP contribution in [0.4, 0.5) is 0 Å². The number of aromatic nitrogens is 2. The van der Waals surface area contributed by atoms with Gasteiger partial charge in [0.15, 0.2) is 0 Å². The van der Waals surface area contributed by atoms with Crippen molar-refractivity contribution in [1.82, 2.24) is 15.2 Å². The zero-order valence-electron chi connectivity index (χ0n) is 10.5. The van der Waals surface area contributed by atoms with E-state index >= 15 is 0 Å². The third kappa shape index (κ3) is 2.98. The van der Waals surface area contributed by atoms with Gasteiger partial charge in [0.2, 0.25) is 0 Å². The van der Waals surface area contributed by atoms with Gasteiger partial charge in [0.1, 0.15) is 0 Å². The molecule has 0 saturated carbocycles. The third-order valence-electron chi connectivity index (χ3n) is 2.93. The largest absolute Gasteiger partial charge is 0.276 e. The smallest absolute Gasteiger partial charge is 0.0522 e. The number of benzene rings is 1. The van der Waals surface area contributed by atoms with Gasteiger partial charge in [-0.3, -0.25) is 16.0 Å². The second-order valence-electron chi connectivity index (χ2n) is 4.47. The Bertz CT molecular complexity index is 536. The molecule has 1 atom stereocenters. The average molecular weight is 309 g/mol. The zero-order valence-corrected chi connectivity index (χ0v) is 12.1. The summed E-state index contributed by atoms with van der Waals surface area (Å²) in [6.07, 6.45) is 4.69. The van der Waals surface area contributed by atoms with Crippen molar-refractivity contribution >= 4 is 15.9 Å². The summed E-state index contributed by atoms with van der Waals surface area (Å²) in [6, 6.07) is 6.36. The summed E-state index contributed by atoms with van der Waals surface area (Å²) >= 11 is 3.59. The molecule has 0 saturated heterocycles. The van der Waals surface area contributed by atoms with Crippen molar-refractivity contribution in [3.63, 3.8) is 0 Å². The fourth-order valence-electron chi connectivity index (χ4n) is 1.99. The van der Waals surface area contributed by atoms with E-state index in [0.29, 0.717) is 0 Å². The Hall–Kier alpha value is -1.17. The molecule has 4 nitrogen and oxygen atoms in total. The summed E-state index contributed by atoms with van der Waals surface area (Å²) in [5.74, 6) is 5.67. The van der Waals surface area contributed by atoms with Crippen LogP contribution in [0.2, 0.25) is 0 Å². The number of aryl methyl sites for hydroxylation is 2. The first-order valence-electron chi connectivity index (χ1n) is 5.80. The van der Waals surface area contributed by atoms with Crippen LogP contribution in [0.1, 0.15) is 22.7 Å². The summed E-state index contributed by atoms with van der Waals surface area (Å²) in [7, 11) is 1.91. The van der Waals surface area contributed by atoms with Crippen molar-refractivity contribution in [1.29, 1.82) is 0 Å². The molecule has 1 aromatic carbocycles. The first-order chi connectivity index (χ1) is 8.60. The van der Waals surface area contributed by atoms with Crippen LogP contribution in [-0.4, -0.2) is 9.78 Å². The summed E-state index contributed by atoms with van der Waals surface area (Å²) in [6.45, 7) is 2.07. The number of nitrogens with zero attached hydrogens (tertiary/aromatic N) is 2. The summed E-state index contributed by atoms with van der Waals surface area (Å²) in [5, 5.41) is 4.17. The van der Waals surface area contributed by atoms with E-state index in [2.05, 4.69) is 51.6 Å². The highest BCUT2D eigenvalue weighted by molar-refractivity contribution is 9.10. The van der Waals surface area contributed by atoms with Crippen LogP contribution in [-0.2, 0) is 13.5 Å². The van der Waals surface area contributed by atoms with Crippen LogP contribution in [0.5, 0.6) is 0 Å². The maximum absolute atomic E-state index is 5.67. The lowest BCUT2D eigenvalue weighted by molar-refractivity contribution is 0.549. The Morgan fingerprint density at radius 3 is 2.83 bits per heavy atom. The van der Waals surface area contributed by atoms with Gasteiger partial charge >= 0.3 is 0 Å². The average Bonchev–Trinajstić information content (AvgIpc) is 2.72. The van der Waals surface area contributed by atoms with Crippen molar-refractivity contribution in [3.05, 3.63) is 51.8 Å². The minimum atomic E-state index is 0.0733. The molecule has 1 aromatic heterocycles. The lowest BCUT2D eigenvalue weighted by Gasteiger charge is -2.17. The highest BCUT2D eigenvalue weighted by Crippen LogP contribution is 2.26. The first kappa shape index (κ1) is 13.3. The molecule has 0 aliphatic heterocycles. The fraction of sp³-hybridized carbons (Fsp3) is 0.308. The molecule has 0 fully saturated rings. The molecule has 0 aliphatic rings. The van der Waals surface area contributed by atoms with Gasteiger partial charge in [-0.05, 0) is 36.1 Å². The van der Waals surface area contributed by atoms with Crippen LogP contribution in [0.25, 0.3) is 0 Å². The van der Waals surface area contributed by atoms with Gasteiger partial charge in [0, 0.05) is 17.7 Å². The highest BCUT2D eigenvalue weighted by atomic mass is 79.9. The van der Waals surface area contributed by atoms with E-state index in [1.807, 2.05) is 19.4 Å². The molecule has 96 valence electrons. The second kappa shape index (κ2) is 5.65. The monoisotopic (exact) mass is 308 g/mol. The van der Waals surface area contributed by atoms with Crippen molar-refractivity contribution in [2.24, 2.45) is 12.9 Å². The zero-order chi connectivity index (χ0) is 13.1. The SMILES string of the molecule is Cc1ccc(C(Cc2cnn(C)c2)NN)c(Br)c1. The second-order valence-corrected chi connectivity index (χ2v) is 5.32. The maximum atomic E-state index is 5.67. The fourth-order valence-corrected chi connectivity index (χ4v) is 2.76. The standard InChI is InChI=1S/C13H17BrN4/c1-9-3-4-11(12(14)5-9)13(17-15)6-10-7-16-18(2)8-10/h3-5,7-8,13,17H,6,15H2,1-2H3. The molecule has 18 heavy (non-hydrogen) atoms. The van der Waals surface area contributed by atoms with Crippen LogP contribution in [0, 0.1) is 6.92 Å². The minimum absolute atomic E-state index is 0.0733. The Labute approximate surface area is 115 Å². The van der Waals surface area contributed by atoms with E-state index in [4.69, 9.17) is 5.84 Å². The van der Waals surface area contributed by atoms with Crippen molar-refractivity contribution in [2.45, 2.75) is 19.4 Å². The molecule has 0 aliphatic carbocycles. The number of hydrogen-bond donors (Lipinski definition) is 2. The van der Waals surface area contributed by atoms with Crippen molar-refractivity contribution < 1.29 is 0 Å². The first-order valence-corrected chi connectivity index (χ1v) is 6.59. The van der Waals surface area contributed by atoms with Crippen LogP contribution in [0.15, 0.2) is 35.1 Å². The quantitative estimate of drug-likeness (QED) is 0.673. The van der Waals surface area contributed by atoms with Crippen LogP contribution >= 0.6 is 15.9 Å². The molecule has 5 heteroatoms. The lowest BCUT2D eigenvalue weighted by atomic mass is 10.0. The van der Waals surface area contributed by atoms with E-state index in [-0.39, 0.29) is 6.04 Å². The van der Waals surface area contributed by atoms with Crippen LogP contribution in [0.3, 0.4) is 0 Å². The third-order valence-corrected chi connectivity index (χ3v) is 3.62. The summed E-state index contributed by atoms with van der Waals surface area (Å²) < 4.78 is 2.88.